The monoisotopic (exact) mass is 302 g/mol. The van der Waals surface area contributed by atoms with Crippen LogP contribution < -0.4 is 5.73 Å². The summed E-state index contributed by atoms with van der Waals surface area (Å²) in [7, 11) is 0. The van der Waals surface area contributed by atoms with Crippen LogP contribution in [0.25, 0.3) is 0 Å². The predicted octanol–water partition coefficient (Wildman–Crippen LogP) is 3.52. The number of aromatic nitrogens is 1. The Morgan fingerprint density at radius 1 is 1.53 bits per heavy atom. The van der Waals surface area contributed by atoms with Crippen molar-refractivity contribution in [2.24, 2.45) is 5.73 Å². The lowest BCUT2D eigenvalue weighted by Crippen LogP contribution is -2.12. The quantitative estimate of drug-likeness (QED) is 0.942. The van der Waals surface area contributed by atoms with E-state index in [0.717, 1.165) is 21.6 Å². The van der Waals surface area contributed by atoms with E-state index >= 15 is 0 Å². The Labute approximate surface area is 105 Å². The average molecular weight is 303 g/mol. The largest absolute Gasteiger partial charge is 0.323 e. The molecule has 0 aliphatic rings. The van der Waals surface area contributed by atoms with Crippen molar-refractivity contribution in [3.8, 4) is 0 Å². The van der Waals surface area contributed by atoms with E-state index in [1.165, 1.54) is 4.88 Å². The predicted molar refractivity (Wildman–Crippen MR) is 69.5 cm³/mol. The lowest BCUT2D eigenvalue weighted by Gasteiger charge is -2.07. The molecule has 0 bridgehead atoms. The summed E-state index contributed by atoms with van der Waals surface area (Å²) in [6, 6.07) is 2.08. The second-order valence-corrected chi connectivity index (χ2v) is 6.07. The SMILES string of the molecule is Cc1csc(CC(N)c2sccc2Br)n1. The summed E-state index contributed by atoms with van der Waals surface area (Å²) in [6.45, 7) is 2.01. The third-order valence-corrected chi connectivity index (χ3v) is 5.03. The molecular formula is C10H11BrN2S2. The van der Waals surface area contributed by atoms with E-state index in [4.69, 9.17) is 5.73 Å². The fourth-order valence-electron chi connectivity index (χ4n) is 1.35. The van der Waals surface area contributed by atoms with Crippen LogP contribution >= 0.6 is 38.6 Å². The molecule has 2 N–H and O–H groups in total. The molecule has 0 aliphatic carbocycles. The van der Waals surface area contributed by atoms with E-state index in [-0.39, 0.29) is 6.04 Å². The first-order valence-corrected chi connectivity index (χ1v) is 7.11. The summed E-state index contributed by atoms with van der Waals surface area (Å²) in [5.74, 6) is 0. The summed E-state index contributed by atoms with van der Waals surface area (Å²) in [5, 5.41) is 5.22. The van der Waals surface area contributed by atoms with Gasteiger partial charge >= 0.3 is 0 Å². The Bertz CT molecular complexity index is 450. The van der Waals surface area contributed by atoms with E-state index in [9.17, 15) is 0 Å². The molecule has 0 spiro atoms. The zero-order chi connectivity index (χ0) is 10.8. The molecule has 0 radical (unpaired) electrons. The highest BCUT2D eigenvalue weighted by Crippen LogP contribution is 2.30. The number of nitrogens with two attached hydrogens (primary N) is 1. The maximum Gasteiger partial charge on any atom is 0.0947 e. The van der Waals surface area contributed by atoms with Gasteiger partial charge in [-0.3, -0.25) is 0 Å². The Morgan fingerprint density at radius 2 is 2.33 bits per heavy atom. The number of aryl methyl sites for hydroxylation is 1. The highest BCUT2D eigenvalue weighted by molar-refractivity contribution is 9.10. The maximum absolute atomic E-state index is 6.13. The first-order valence-electron chi connectivity index (χ1n) is 4.56. The van der Waals surface area contributed by atoms with Gasteiger partial charge in [0.05, 0.1) is 5.01 Å². The molecule has 2 aromatic rings. The van der Waals surface area contributed by atoms with Crippen molar-refractivity contribution in [2.45, 2.75) is 19.4 Å². The third-order valence-electron chi connectivity index (χ3n) is 2.04. The number of hydrogen-bond acceptors (Lipinski definition) is 4. The summed E-state index contributed by atoms with van der Waals surface area (Å²) in [6.07, 6.45) is 0.817. The molecule has 2 aromatic heterocycles. The fourth-order valence-corrected chi connectivity index (χ4v) is 3.85. The minimum atomic E-state index is 0.0462. The Morgan fingerprint density at radius 3 is 2.87 bits per heavy atom. The minimum absolute atomic E-state index is 0.0462. The lowest BCUT2D eigenvalue weighted by molar-refractivity contribution is 0.728. The topological polar surface area (TPSA) is 38.9 Å². The normalized spacial score (nSPS) is 13.0. The first kappa shape index (κ1) is 11.3. The van der Waals surface area contributed by atoms with E-state index in [2.05, 4.69) is 26.3 Å². The van der Waals surface area contributed by atoms with Gasteiger partial charge in [-0.2, -0.15) is 0 Å². The van der Waals surface area contributed by atoms with Crippen LogP contribution in [0, 0.1) is 6.92 Å². The van der Waals surface area contributed by atoms with Crippen LogP contribution in [0.3, 0.4) is 0 Å². The highest BCUT2D eigenvalue weighted by atomic mass is 79.9. The van der Waals surface area contributed by atoms with E-state index < -0.39 is 0 Å². The van der Waals surface area contributed by atoms with E-state index in [0.29, 0.717) is 0 Å². The van der Waals surface area contributed by atoms with Crippen molar-refractivity contribution in [1.82, 2.24) is 4.98 Å². The van der Waals surface area contributed by atoms with Gasteiger partial charge in [0.2, 0.25) is 0 Å². The molecule has 0 fully saturated rings. The summed E-state index contributed by atoms with van der Waals surface area (Å²) in [5.41, 5.74) is 7.20. The van der Waals surface area contributed by atoms with E-state index in [1.54, 1.807) is 22.7 Å². The smallest absolute Gasteiger partial charge is 0.0947 e. The number of rotatable bonds is 3. The molecule has 1 unspecified atom stereocenters. The lowest BCUT2D eigenvalue weighted by atomic mass is 10.2. The second-order valence-electron chi connectivity index (χ2n) is 3.33. The van der Waals surface area contributed by atoms with Crippen LogP contribution in [0.5, 0.6) is 0 Å². The molecule has 2 rings (SSSR count). The molecule has 0 saturated carbocycles. The first-order chi connectivity index (χ1) is 7.16. The highest BCUT2D eigenvalue weighted by Gasteiger charge is 2.13. The number of halogens is 1. The summed E-state index contributed by atoms with van der Waals surface area (Å²) >= 11 is 6.87. The van der Waals surface area contributed by atoms with Crippen molar-refractivity contribution < 1.29 is 0 Å². The molecule has 1 atom stereocenters. The molecule has 5 heteroatoms. The third kappa shape index (κ3) is 2.66. The molecule has 2 heterocycles. The molecule has 2 nitrogen and oxygen atoms in total. The van der Waals surface area contributed by atoms with Crippen molar-refractivity contribution in [3.05, 3.63) is 36.9 Å². The number of nitrogens with zero attached hydrogens (tertiary/aromatic N) is 1. The van der Waals surface area contributed by atoms with Crippen LogP contribution in [0.15, 0.2) is 21.3 Å². The van der Waals surface area contributed by atoms with Gasteiger partial charge in [0.25, 0.3) is 0 Å². The molecule has 15 heavy (non-hydrogen) atoms. The maximum atomic E-state index is 6.13. The Balaban J connectivity index is 2.10. The van der Waals surface area contributed by atoms with Gasteiger partial charge in [0.1, 0.15) is 0 Å². The van der Waals surface area contributed by atoms with Gasteiger partial charge < -0.3 is 5.73 Å². The fraction of sp³-hybridized carbons (Fsp3) is 0.300. The van der Waals surface area contributed by atoms with Crippen LogP contribution in [-0.4, -0.2) is 4.98 Å². The van der Waals surface area contributed by atoms with Crippen LogP contribution in [0.1, 0.15) is 21.6 Å². The zero-order valence-corrected chi connectivity index (χ0v) is 11.5. The van der Waals surface area contributed by atoms with Crippen LogP contribution in [0.2, 0.25) is 0 Å². The number of thiophene rings is 1. The summed E-state index contributed by atoms with van der Waals surface area (Å²) in [4.78, 5) is 5.62. The minimum Gasteiger partial charge on any atom is -0.323 e. The molecular weight excluding hydrogens is 292 g/mol. The van der Waals surface area contributed by atoms with Gasteiger partial charge in [-0.15, -0.1) is 22.7 Å². The Hall–Kier alpha value is -0.230. The molecule has 0 aromatic carbocycles. The zero-order valence-electron chi connectivity index (χ0n) is 8.24. The second kappa shape index (κ2) is 4.74. The van der Waals surface area contributed by atoms with Crippen molar-refractivity contribution in [3.63, 3.8) is 0 Å². The molecule has 0 aliphatic heterocycles. The average Bonchev–Trinajstić information content (AvgIpc) is 2.75. The summed E-state index contributed by atoms with van der Waals surface area (Å²) < 4.78 is 1.10. The molecule has 0 amide bonds. The standard InChI is InChI=1S/C10H11BrN2S2/c1-6-5-15-9(13-6)4-8(12)10-7(11)2-3-14-10/h2-3,5,8H,4,12H2,1H3. The number of hydrogen-bond donors (Lipinski definition) is 1. The van der Waals surface area contributed by atoms with Crippen molar-refractivity contribution in [1.29, 1.82) is 0 Å². The van der Waals surface area contributed by atoms with Crippen molar-refractivity contribution in [2.75, 3.05) is 0 Å². The van der Waals surface area contributed by atoms with Gasteiger partial charge in [-0.25, -0.2) is 4.98 Å². The Kier molecular flexibility index (Phi) is 3.56. The van der Waals surface area contributed by atoms with Gasteiger partial charge in [0, 0.05) is 32.9 Å². The van der Waals surface area contributed by atoms with E-state index in [1.807, 2.05) is 18.4 Å². The molecule has 80 valence electrons. The van der Waals surface area contributed by atoms with Gasteiger partial charge in [-0.05, 0) is 34.3 Å². The van der Waals surface area contributed by atoms with Crippen molar-refractivity contribution >= 4 is 38.6 Å². The van der Waals surface area contributed by atoms with Crippen LogP contribution in [0.4, 0.5) is 0 Å². The van der Waals surface area contributed by atoms with Crippen LogP contribution in [-0.2, 0) is 6.42 Å². The number of thiazole rings is 1. The van der Waals surface area contributed by atoms with Gasteiger partial charge in [0.15, 0.2) is 0 Å². The molecule has 0 saturated heterocycles. The van der Waals surface area contributed by atoms with Gasteiger partial charge in [-0.1, -0.05) is 0 Å².